The third-order valence-electron chi connectivity index (χ3n) is 0.507. The number of halogens is 2. The van der Waals surface area contributed by atoms with Crippen LogP contribution in [0.2, 0.25) is 6.32 Å². The Balaban J connectivity index is 2.63. The van der Waals surface area contributed by atoms with Crippen LogP contribution in [0.4, 0.5) is 8.63 Å². The van der Waals surface area contributed by atoms with Crippen molar-refractivity contribution in [3.8, 4) is 0 Å². The van der Waals surface area contributed by atoms with Crippen LogP contribution < -0.4 is 0 Å². The van der Waals surface area contributed by atoms with Gasteiger partial charge in [-0.15, -0.1) is 0 Å². The topological polar surface area (TPSA) is 0 Å². The maximum absolute atomic E-state index is 11.0. The molecule has 0 aliphatic rings. The smallest absolute Gasteiger partial charge is 0.287 e. The van der Waals surface area contributed by atoms with E-state index in [9.17, 15) is 8.63 Å². The van der Waals surface area contributed by atoms with Gasteiger partial charge in [-0.2, -0.15) is 0 Å². The molecule has 0 rings (SSSR count). The Labute approximate surface area is 36.7 Å². The lowest BCUT2D eigenvalue weighted by atomic mass is 9.92. The number of rotatable bonds is 2. The summed E-state index contributed by atoms with van der Waals surface area (Å²) < 4.78 is 22.1. The SMILES string of the molecule is CCCB(F)F. The second-order valence-corrected chi connectivity index (χ2v) is 1.18. The molecule has 0 unspecified atom stereocenters. The molecule has 0 fully saturated rings. The van der Waals surface area contributed by atoms with Crippen LogP contribution in [-0.2, 0) is 0 Å². The molecule has 0 aromatic rings. The van der Waals surface area contributed by atoms with E-state index in [0.29, 0.717) is 6.42 Å². The molecule has 3 heteroatoms. The van der Waals surface area contributed by atoms with Crippen LogP contribution in [0.1, 0.15) is 13.3 Å². The first kappa shape index (κ1) is 5.92. The van der Waals surface area contributed by atoms with Crippen molar-refractivity contribution < 1.29 is 8.63 Å². The highest BCUT2D eigenvalue weighted by Gasteiger charge is 2.07. The van der Waals surface area contributed by atoms with Gasteiger partial charge in [-0.1, -0.05) is 13.3 Å². The number of hydrogen-bond acceptors (Lipinski definition) is 0. The van der Waals surface area contributed by atoms with Crippen molar-refractivity contribution in [1.82, 2.24) is 0 Å². The molecule has 0 aliphatic carbocycles. The van der Waals surface area contributed by atoms with Crippen LogP contribution >= 0.6 is 0 Å². The predicted molar refractivity (Wildman–Crippen MR) is 23.1 cm³/mol. The zero-order chi connectivity index (χ0) is 4.99. The number of hydrogen-bond donors (Lipinski definition) is 0. The maximum atomic E-state index is 11.0. The first-order valence-corrected chi connectivity index (χ1v) is 2.05. The van der Waals surface area contributed by atoms with Crippen molar-refractivity contribution in [2.24, 2.45) is 0 Å². The van der Waals surface area contributed by atoms with Crippen LogP contribution in [0, 0.1) is 0 Å². The molecule has 0 saturated heterocycles. The maximum Gasteiger partial charge on any atom is 0.538 e. The Morgan fingerprint density at radius 1 is 1.50 bits per heavy atom. The van der Waals surface area contributed by atoms with E-state index in [-0.39, 0.29) is 6.32 Å². The second-order valence-electron chi connectivity index (χ2n) is 1.18. The van der Waals surface area contributed by atoms with Crippen molar-refractivity contribution in [2.75, 3.05) is 0 Å². The van der Waals surface area contributed by atoms with E-state index < -0.39 is 7.27 Å². The van der Waals surface area contributed by atoms with Crippen molar-refractivity contribution >= 4 is 7.27 Å². The molecule has 0 aromatic heterocycles. The molecule has 0 atom stereocenters. The Morgan fingerprint density at radius 2 is 2.00 bits per heavy atom. The summed E-state index contributed by atoms with van der Waals surface area (Å²) in [6.45, 7) is 1.74. The Kier molecular flexibility index (Phi) is 3.09. The normalized spacial score (nSPS) is 8.50. The summed E-state index contributed by atoms with van der Waals surface area (Å²) in [6, 6.07) is 0. The highest BCUT2D eigenvalue weighted by Crippen LogP contribution is 1.96. The van der Waals surface area contributed by atoms with E-state index in [2.05, 4.69) is 0 Å². The molecule has 0 nitrogen and oxygen atoms in total. The largest absolute Gasteiger partial charge is 0.538 e. The van der Waals surface area contributed by atoms with E-state index >= 15 is 0 Å². The second kappa shape index (κ2) is 3.13. The Bertz CT molecular complexity index is 30.0. The summed E-state index contributed by atoms with van der Waals surface area (Å²) in [6.07, 6.45) is 0.623. The molecule has 6 heavy (non-hydrogen) atoms. The minimum Gasteiger partial charge on any atom is -0.287 e. The lowest BCUT2D eigenvalue weighted by Gasteiger charge is -1.81. The minimum atomic E-state index is -2.10. The molecule has 0 bridgehead atoms. The molecule has 0 radical (unpaired) electrons. The van der Waals surface area contributed by atoms with E-state index in [1.54, 1.807) is 6.92 Å². The molecule has 0 aliphatic heterocycles. The van der Waals surface area contributed by atoms with Crippen LogP contribution in [0.25, 0.3) is 0 Å². The molecule has 0 spiro atoms. The summed E-state index contributed by atoms with van der Waals surface area (Å²) in [5.41, 5.74) is 0. The van der Waals surface area contributed by atoms with Gasteiger partial charge in [-0.05, 0) is 6.32 Å². The van der Waals surface area contributed by atoms with Crippen molar-refractivity contribution in [2.45, 2.75) is 19.7 Å². The van der Waals surface area contributed by atoms with E-state index in [0.717, 1.165) is 0 Å². The van der Waals surface area contributed by atoms with Gasteiger partial charge in [0.15, 0.2) is 0 Å². The highest BCUT2D eigenvalue weighted by atomic mass is 19.2. The van der Waals surface area contributed by atoms with Gasteiger partial charge in [0, 0.05) is 0 Å². The lowest BCUT2D eigenvalue weighted by Crippen LogP contribution is -1.91. The van der Waals surface area contributed by atoms with Crippen LogP contribution in [-0.4, -0.2) is 7.27 Å². The Hall–Kier alpha value is -0.0751. The Morgan fingerprint density at radius 3 is 2.00 bits per heavy atom. The van der Waals surface area contributed by atoms with E-state index in [4.69, 9.17) is 0 Å². The quantitative estimate of drug-likeness (QED) is 0.455. The first-order valence-electron chi connectivity index (χ1n) is 2.05. The minimum absolute atomic E-state index is 0.0417. The van der Waals surface area contributed by atoms with Gasteiger partial charge in [-0.3, -0.25) is 8.63 Å². The van der Waals surface area contributed by atoms with Gasteiger partial charge in [-0.25, -0.2) is 0 Å². The average Bonchev–Trinajstić information content (AvgIpc) is 1.35. The van der Waals surface area contributed by atoms with Crippen LogP contribution in [0.5, 0.6) is 0 Å². The zero-order valence-electron chi connectivity index (χ0n) is 3.75. The summed E-state index contributed by atoms with van der Waals surface area (Å²) in [4.78, 5) is 0. The van der Waals surface area contributed by atoms with Crippen molar-refractivity contribution in [1.29, 1.82) is 0 Å². The zero-order valence-corrected chi connectivity index (χ0v) is 3.75. The van der Waals surface area contributed by atoms with E-state index in [1.807, 2.05) is 0 Å². The molecule has 0 aromatic carbocycles. The summed E-state index contributed by atoms with van der Waals surface area (Å²) >= 11 is 0. The lowest BCUT2D eigenvalue weighted by molar-refractivity contribution is 0.648. The monoisotopic (exact) mass is 92.1 g/mol. The summed E-state index contributed by atoms with van der Waals surface area (Å²) in [7, 11) is -2.10. The molecule has 0 saturated carbocycles. The standard InChI is InChI=1S/C3H7BF2/c1-2-3-4(5)6/h2-3H2,1H3. The van der Waals surface area contributed by atoms with Gasteiger partial charge in [0.25, 0.3) is 0 Å². The van der Waals surface area contributed by atoms with Crippen LogP contribution in [0.3, 0.4) is 0 Å². The predicted octanol–water partition coefficient (Wildman–Crippen LogP) is 1.82. The third kappa shape index (κ3) is 3.92. The highest BCUT2D eigenvalue weighted by molar-refractivity contribution is 6.42. The van der Waals surface area contributed by atoms with Gasteiger partial charge < -0.3 is 0 Å². The van der Waals surface area contributed by atoms with Crippen LogP contribution in [0.15, 0.2) is 0 Å². The fourth-order valence-corrected chi connectivity index (χ4v) is 0.218. The fraction of sp³-hybridized carbons (Fsp3) is 1.00. The average molecular weight is 91.9 g/mol. The van der Waals surface area contributed by atoms with Gasteiger partial charge in [0.1, 0.15) is 0 Å². The molecule has 36 valence electrons. The summed E-state index contributed by atoms with van der Waals surface area (Å²) in [5.74, 6) is 0. The molecule has 0 N–H and O–H groups in total. The third-order valence-corrected chi connectivity index (χ3v) is 0.507. The first-order chi connectivity index (χ1) is 2.77. The van der Waals surface area contributed by atoms with Gasteiger partial charge in [0.2, 0.25) is 0 Å². The van der Waals surface area contributed by atoms with Gasteiger partial charge >= 0.3 is 7.27 Å². The van der Waals surface area contributed by atoms with E-state index in [1.165, 1.54) is 0 Å². The van der Waals surface area contributed by atoms with Gasteiger partial charge in [0.05, 0.1) is 0 Å². The fourth-order valence-electron chi connectivity index (χ4n) is 0.218. The summed E-state index contributed by atoms with van der Waals surface area (Å²) in [5, 5.41) is 0. The molecular formula is C3H7BF2. The van der Waals surface area contributed by atoms with Crippen molar-refractivity contribution in [3.05, 3.63) is 0 Å². The molecule has 0 amide bonds. The molecular weight excluding hydrogens is 84.8 g/mol. The van der Waals surface area contributed by atoms with Crippen molar-refractivity contribution in [3.63, 3.8) is 0 Å². The molecule has 0 heterocycles.